The molecule has 0 spiro atoms. The Labute approximate surface area is 293 Å². The summed E-state index contributed by atoms with van der Waals surface area (Å²) in [6, 6.07) is -5.56. The van der Waals surface area contributed by atoms with Crippen molar-refractivity contribution in [3.05, 3.63) is 0 Å². The Balaban J connectivity index is 5.39. The Hall–Kier alpha value is -4.32. The van der Waals surface area contributed by atoms with Gasteiger partial charge in [0.25, 0.3) is 0 Å². The number of amides is 7. The Morgan fingerprint density at radius 3 is 1.42 bits per heavy atom. The standard InChI is InChI=1S/C32H58N8O10/c1-16(2)9-20(33)28(46)37-22(11-18(5)6)31(49)39-23(15-41)30(48)36-13-25(43)40-27(19(7)8)32(50)38-21(10-17(3)4)29(47)35-12-24(42)34-14-26(44)45/h16-23,27,41H,9-15,33H2,1-8H3,(H,34,42)(H,35,47)(H,36,48)(H,37,46)(H,38,50)(H,39,49)(H,40,43)(H,44,45)/t20-,21+,22+,23-,27-/m0/s1. The van der Waals surface area contributed by atoms with Crippen molar-refractivity contribution in [1.82, 2.24) is 37.2 Å². The third-order valence-corrected chi connectivity index (χ3v) is 7.11. The lowest BCUT2D eigenvalue weighted by Gasteiger charge is -2.26. The zero-order chi connectivity index (χ0) is 38.7. The molecule has 286 valence electrons. The van der Waals surface area contributed by atoms with Crippen LogP contribution in [0.3, 0.4) is 0 Å². The topological polar surface area (TPSA) is 287 Å². The first-order valence-electron chi connectivity index (χ1n) is 16.8. The van der Waals surface area contributed by atoms with Gasteiger partial charge in [0.15, 0.2) is 0 Å². The highest BCUT2D eigenvalue weighted by Gasteiger charge is 2.31. The predicted molar refractivity (Wildman–Crippen MR) is 183 cm³/mol. The van der Waals surface area contributed by atoms with E-state index in [1.165, 1.54) is 0 Å². The lowest BCUT2D eigenvalue weighted by Crippen LogP contribution is -2.58. The second-order valence-electron chi connectivity index (χ2n) is 13.8. The molecule has 0 aromatic heterocycles. The summed E-state index contributed by atoms with van der Waals surface area (Å²) in [6.07, 6.45) is 0.814. The maximum absolute atomic E-state index is 13.2. The Kier molecular flexibility index (Phi) is 21.2. The van der Waals surface area contributed by atoms with Gasteiger partial charge in [-0.15, -0.1) is 0 Å². The Bertz CT molecular complexity index is 1180. The van der Waals surface area contributed by atoms with E-state index >= 15 is 0 Å². The van der Waals surface area contributed by atoms with Gasteiger partial charge in [0.1, 0.15) is 30.7 Å². The van der Waals surface area contributed by atoms with Gasteiger partial charge in [-0.2, -0.15) is 0 Å². The maximum atomic E-state index is 13.2. The van der Waals surface area contributed by atoms with Gasteiger partial charge in [-0.25, -0.2) is 0 Å². The molecule has 0 unspecified atom stereocenters. The number of aliphatic hydroxyl groups is 1. The van der Waals surface area contributed by atoms with Gasteiger partial charge in [-0.1, -0.05) is 55.4 Å². The summed E-state index contributed by atoms with van der Waals surface area (Å²) in [5.41, 5.74) is 5.95. The molecule has 11 N–H and O–H groups in total. The monoisotopic (exact) mass is 714 g/mol. The minimum atomic E-state index is -1.46. The molecule has 0 aliphatic carbocycles. The van der Waals surface area contributed by atoms with Gasteiger partial charge in [0.05, 0.1) is 25.7 Å². The van der Waals surface area contributed by atoms with Crippen LogP contribution in [0.2, 0.25) is 0 Å². The minimum absolute atomic E-state index is 0.0180. The number of aliphatic hydroxyl groups excluding tert-OH is 1. The van der Waals surface area contributed by atoms with E-state index in [0.29, 0.717) is 6.42 Å². The highest BCUT2D eigenvalue weighted by atomic mass is 16.4. The van der Waals surface area contributed by atoms with Crippen molar-refractivity contribution in [2.24, 2.45) is 29.4 Å². The minimum Gasteiger partial charge on any atom is -0.480 e. The van der Waals surface area contributed by atoms with Crippen LogP contribution in [-0.4, -0.2) is 114 Å². The SMILES string of the molecule is CC(C)C[C@H](N)C(=O)N[C@H](CC(C)C)C(=O)N[C@@H](CO)C(=O)NCC(=O)N[C@H](C(=O)N[C@H](CC(C)C)C(=O)NCC(=O)NCC(=O)O)C(C)C. The van der Waals surface area contributed by atoms with Gasteiger partial charge < -0.3 is 53.2 Å². The average molecular weight is 715 g/mol. The molecule has 18 nitrogen and oxygen atoms in total. The van der Waals surface area contributed by atoms with Crippen LogP contribution in [-0.2, 0) is 38.4 Å². The molecule has 0 saturated carbocycles. The second kappa shape index (κ2) is 23.2. The van der Waals surface area contributed by atoms with Crippen LogP contribution < -0.4 is 43.0 Å². The van der Waals surface area contributed by atoms with E-state index < -0.39 is 110 Å². The number of carbonyl (C=O) groups is 8. The number of nitrogens with two attached hydrogens (primary N) is 1. The average Bonchev–Trinajstić information content (AvgIpc) is 3.00. The van der Waals surface area contributed by atoms with Crippen LogP contribution in [0.15, 0.2) is 0 Å². The molecule has 0 aromatic rings. The summed E-state index contributed by atoms with van der Waals surface area (Å²) >= 11 is 0. The summed E-state index contributed by atoms with van der Waals surface area (Å²) < 4.78 is 0. The first-order chi connectivity index (χ1) is 23.2. The van der Waals surface area contributed by atoms with Crippen molar-refractivity contribution in [2.75, 3.05) is 26.2 Å². The zero-order valence-corrected chi connectivity index (χ0v) is 30.4. The third kappa shape index (κ3) is 19.0. The lowest BCUT2D eigenvalue weighted by atomic mass is 10.00. The van der Waals surface area contributed by atoms with Crippen LogP contribution in [0.4, 0.5) is 0 Å². The van der Waals surface area contributed by atoms with E-state index in [2.05, 4.69) is 37.2 Å². The van der Waals surface area contributed by atoms with Crippen molar-refractivity contribution in [2.45, 2.75) is 105 Å². The number of carboxylic acid groups (broad SMARTS) is 1. The fourth-order valence-electron chi connectivity index (χ4n) is 4.60. The summed E-state index contributed by atoms with van der Waals surface area (Å²) in [5, 5.41) is 35.4. The molecule has 0 radical (unpaired) electrons. The van der Waals surface area contributed by atoms with Gasteiger partial charge >= 0.3 is 5.97 Å². The molecule has 0 saturated heterocycles. The molecule has 0 heterocycles. The molecule has 5 atom stereocenters. The van der Waals surface area contributed by atoms with Crippen molar-refractivity contribution in [3.8, 4) is 0 Å². The van der Waals surface area contributed by atoms with E-state index in [9.17, 15) is 43.5 Å². The molecule has 7 amide bonds. The Morgan fingerprint density at radius 2 is 0.960 bits per heavy atom. The Morgan fingerprint density at radius 1 is 0.520 bits per heavy atom. The quantitative estimate of drug-likeness (QED) is 0.0527. The van der Waals surface area contributed by atoms with E-state index in [1.54, 1.807) is 13.8 Å². The van der Waals surface area contributed by atoms with Gasteiger partial charge in [0, 0.05) is 0 Å². The number of hydrogen-bond donors (Lipinski definition) is 10. The third-order valence-electron chi connectivity index (χ3n) is 7.11. The number of rotatable bonds is 23. The molecule has 0 aliphatic rings. The summed E-state index contributed by atoms with van der Waals surface area (Å²) in [5.74, 6) is -6.72. The molecular weight excluding hydrogens is 656 g/mol. The molecule has 0 aromatic carbocycles. The van der Waals surface area contributed by atoms with Crippen LogP contribution in [0.5, 0.6) is 0 Å². The van der Waals surface area contributed by atoms with E-state index in [1.807, 2.05) is 41.5 Å². The fraction of sp³-hybridized carbons (Fsp3) is 0.750. The summed E-state index contributed by atoms with van der Waals surface area (Å²) in [6.45, 7) is 11.8. The van der Waals surface area contributed by atoms with E-state index in [-0.39, 0.29) is 30.6 Å². The molecule has 0 rings (SSSR count). The maximum Gasteiger partial charge on any atom is 0.322 e. The molecule has 50 heavy (non-hydrogen) atoms. The van der Waals surface area contributed by atoms with Gasteiger partial charge in [0.2, 0.25) is 41.4 Å². The van der Waals surface area contributed by atoms with Crippen molar-refractivity contribution in [1.29, 1.82) is 0 Å². The zero-order valence-electron chi connectivity index (χ0n) is 30.4. The van der Waals surface area contributed by atoms with Crippen molar-refractivity contribution in [3.63, 3.8) is 0 Å². The fourth-order valence-corrected chi connectivity index (χ4v) is 4.60. The molecule has 18 heteroatoms. The summed E-state index contributed by atoms with van der Waals surface area (Å²) in [4.78, 5) is 99.7. The highest BCUT2D eigenvalue weighted by molar-refractivity contribution is 5.96. The van der Waals surface area contributed by atoms with Crippen LogP contribution in [0, 0.1) is 23.7 Å². The molecule has 0 bridgehead atoms. The number of carbonyl (C=O) groups excluding carboxylic acids is 7. The normalized spacial score (nSPS) is 14.2. The van der Waals surface area contributed by atoms with Crippen molar-refractivity contribution >= 4 is 47.3 Å². The predicted octanol–water partition coefficient (Wildman–Crippen LogP) is -2.53. The lowest BCUT2D eigenvalue weighted by molar-refractivity contribution is -0.138. The summed E-state index contributed by atoms with van der Waals surface area (Å²) in [7, 11) is 0. The largest absolute Gasteiger partial charge is 0.480 e. The van der Waals surface area contributed by atoms with E-state index in [4.69, 9.17) is 10.8 Å². The number of nitrogens with one attached hydrogen (secondary N) is 7. The second-order valence-corrected chi connectivity index (χ2v) is 13.8. The molecule has 0 aliphatic heterocycles. The van der Waals surface area contributed by atoms with Gasteiger partial charge in [-0.05, 0) is 42.9 Å². The van der Waals surface area contributed by atoms with Gasteiger partial charge in [-0.3, -0.25) is 38.4 Å². The number of hydrogen-bond acceptors (Lipinski definition) is 10. The molecular formula is C32H58N8O10. The first-order valence-corrected chi connectivity index (χ1v) is 16.8. The van der Waals surface area contributed by atoms with Crippen LogP contribution in [0.1, 0.15) is 74.7 Å². The van der Waals surface area contributed by atoms with E-state index in [0.717, 1.165) is 0 Å². The smallest absolute Gasteiger partial charge is 0.322 e. The number of aliphatic carboxylic acids is 1. The highest BCUT2D eigenvalue weighted by Crippen LogP contribution is 2.09. The number of carboxylic acids is 1. The van der Waals surface area contributed by atoms with Crippen LogP contribution in [0.25, 0.3) is 0 Å². The first kappa shape index (κ1) is 45.7. The van der Waals surface area contributed by atoms with Crippen LogP contribution >= 0.6 is 0 Å². The molecule has 0 fully saturated rings. The van der Waals surface area contributed by atoms with Crippen molar-refractivity contribution < 1.29 is 48.6 Å².